The predicted octanol–water partition coefficient (Wildman–Crippen LogP) is 9.00. The summed E-state index contributed by atoms with van der Waals surface area (Å²) in [4.78, 5) is 15.2. The summed E-state index contributed by atoms with van der Waals surface area (Å²) in [5, 5.41) is 0. The first kappa shape index (κ1) is 27.9. The number of Topliss-reactive ketones (excluding diaryl/α,β-unsaturated/α-hetero) is 1. The Hall–Kier alpha value is -3.08. The molecule has 1 fully saturated rings. The van der Waals surface area contributed by atoms with Gasteiger partial charge in [0.15, 0.2) is 0 Å². The minimum absolute atomic E-state index is 0.115. The van der Waals surface area contributed by atoms with Crippen LogP contribution in [0, 0.1) is 12.8 Å². The maximum Gasteiger partial charge on any atom is 0.416 e. The van der Waals surface area contributed by atoms with E-state index in [2.05, 4.69) is 62.1 Å². The van der Waals surface area contributed by atoms with E-state index < -0.39 is 11.7 Å². The largest absolute Gasteiger partial charge is 0.416 e. The average Bonchev–Trinajstić information content (AvgIpc) is 2.88. The Morgan fingerprint density at radius 1 is 0.974 bits per heavy atom. The number of halogens is 3. The van der Waals surface area contributed by atoms with E-state index in [0.717, 1.165) is 66.7 Å². The summed E-state index contributed by atoms with van der Waals surface area (Å²) in [5.74, 6) is 0.206. The lowest BCUT2D eigenvalue weighted by Gasteiger charge is -2.39. The van der Waals surface area contributed by atoms with Crippen LogP contribution in [-0.4, -0.2) is 18.4 Å². The summed E-state index contributed by atoms with van der Waals surface area (Å²) in [6, 6.07) is 20.4. The van der Waals surface area contributed by atoms with Crippen LogP contribution >= 0.6 is 0 Å². The fourth-order valence-electron chi connectivity index (χ4n) is 5.67. The first-order valence-corrected chi connectivity index (χ1v) is 13.7. The molecule has 0 saturated carbocycles. The molecule has 1 saturated heterocycles. The van der Waals surface area contributed by atoms with Crippen molar-refractivity contribution >= 4 is 11.5 Å². The van der Waals surface area contributed by atoms with Crippen LogP contribution < -0.4 is 4.90 Å². The summed E-state index contributed by atoms with van der Waals surface area (Å²) >= 11 is 0. The molecular formula is C33H38F3NO. The van der Waals surface area contributed by atoms with Crippen LogP contribution in [0.25, 0.3) is 11.1 Å². The van der Waals surface area contributed by atoms with E-state index >= 15 is 0 Å². The first-order valence-electron chi connectivity index (χ1n) is 13.7. The molecule has 0 aliphatic carbocycles. The van der Waals surface area contributed by atoms with Gasteiger partial charge in [-0.2, -0.15) is 13.2 Å². The minimum atomic E-state index is -4.38. The van der Waals surface area contributed by atoms with Gasteiger partial charge in [0.2, 0.25) is 0 Å². The molecule has 0 aromatic heterocycles. The summed E-state index contributed by atoms with van der Waals surface area (Å²) in [7, 11) is 0. The van der Waals surface area contributed by atoms with Crippen molar-refractivity contribution in [3.8, 4) is 11.1 Å². The molecule has 1 aliphatic heterocycles. The molecule has 0 spiro atoms. The Morgan fingerprint density at radius 3 is 2.32 bits per heavy atom. The second-order valence-electron chi connectivity index (χ2n) is 11.2. The number of benzene rings is 3. The van der Waals surface area contributed by atoms with E-state index in [1.165, 1.54) is 29.7 Å². The number of piperidine rings is 1. The van der Waals surface area contributed by atoms with Gasteiger partial charge >= 0.3 is 6.18 Å². The van der Waals surface area contributed by atoms with Gasteiger partial charge in [-0.05, 0) is 104 Å². The van der Waals surface area contributed by atoms with Crippen molar-refractivity contribution in [2.24, 2.45) is 5.92 Å². The van der Waals surface area contributed by atoms with E-state index in [1.807, 2.05) is 6.07 Å². The van der Waals surface area contributed by atoms with Crippen LogP contribution in [0.15, 0.2) is 66.7 Å². The second-order valence-corrected chi connectivity index (χ2v) is 11.2. The van der Waals surface area contributed by atoms with Crippen molar-refractivity contribution in [1.29, 1.82) is 0 Å². The Morgan fingerprint density at radius 2 is 1.68 bits per heavy atom. The normalized spacial score (nSPS) is 17.1. The van der Waals surface area contributed by atoms with Crippen LogP contribution in [0.1, 0.15) is 74.6 Å². The standard InChI is InChI=1S/C33H38F3NO/c1-22(2)17-32(24(4)38)28-18-27(25-12-14-29(15-13-25)33(34,35)36)20-31(21-28)37-16-8-7-11-30(37)19-26-10-6-5-9-23(26)3/h5-6,9-10,12-15,18,20-22,30,32H,7-8,11,16-17,19H2,1-4H3. The van der Waals surface area contributed by atoms with Gasteiger partial charge < -0.3 is 4.90 Å². The summed E-state index contributed by atoms with van der Waals surface area (Å²) in [5.41, 5.74) is 5.52. The highest BCUT2D eigenvalue weighted by atomic mass is 19.4. The van der Waals surface area contributed by atoms with E-state index in [1.54, 1.807) is 6.92 Å². The first-order chi connectivity index (χ1) is 18.0. The molecule has 0 bridgehead atoms. The molecule has 0 radical (unpaired) electrons. The van der Waals surface area contributed by atoms with Gasteiger partial charge in [-0.15, -0.1) is 0 Å². The zero-order chi connectivity index (χ0) is 27.4. The van der Waals surface area contributed by atoms with Gasteiger partial charge in [-0.1, -0.05) is 56.3 Å². The van der Waals surface area contributed by atoms with E-state index in [9.17, 15) is 18.0 Å². The quantitative estimate of drug-likeness (QED) is 0.295. The van der Waals surface area contributed by atoms with Gasteiger partial charge in [0, 0.05) is 24.2 Å². The molecule has 2 unspecified atom stereocenters. The van der Waals surface area contributed by atoms with Crippen LogP contribution in [0.3, 0.4) is 0 Å². The zero-order valence-corrected chi connectivity index (χ0v) is 22.8. The Balaban J connectivity index is 1.78. The van der Waals surface area contributed by atoms with Gasteiger partial charge in [-0.3, -0.25) is 4.79 Å². The molecule has 2 atom stereocenters. The predicted molar refractivity (Wildman–Crippen MR) is 150 cm³/mol. The monoisotopic (exact) mass is 521 g/mol. The lowest BCUT2D eigenvalue weighted by molar-refractivity contribution is -0.137. The highest BCUT2D eigenvalue weighted by Gasteiger charge is 2.30. The summed E-state index contributed by atoms with van der Waals surface area (Å²) in [6.45, 7) is 8.93. The third-order valence-corrected chi connectivity index (χ3v) is 7.76. The average molecular weight is 522 g/mol. The lowest BCUT2D eigenvalue weighted by atomic mass is 9.85. The molecule has 1 aliphatic rings. The highest BCUT2D eigenvalue weighted by Crippen LogP contribution is 2.37. The third-order valence-electron chi connectivity index (χ3n) is 7.76. The van der Waals surface area contributed by atoms with Crippen molar-refractivity contribution in [2.75, 3.05) is 11.4 Å². The fraction of sp³-hybridized carbons (Fsp3) is 0.424. The van der Waals surface area contributed by atoms with Crippen molar-refractivity contribution < 1.29 is 18.0 Å². The number of carbonyl (C=O) groups is 1. The molecule has 38 heavy (non-hydrogen) atoms. The molecule has 0 N–H and O–H groups in total. The van der Waals surface area contributed by atoms with Crippen LogP contribution in [0.5, 0.6) is 0 Å². The third kappa shape index (κ3) is 6.67. The van der Waals surface area contributed by atoms with Gasteiger partial charge in [0.05, 0.1) is 5.56 Å². The van der Waals surface area contributed by atoms with E-state index in [4.69, 9.17) is 0 Å². The number of carbonyl (C=O) groups excluding carboxylic acids is 1. The van der Waals surface area contributed by atoms with Crippen molar-refractivity contribution in [3.63, 3.8) is 0 Å². The maximum atomic E-state index is 13.2. The van der Waals surface area contributed by atoms with Crippen LogP contribution in [0.4, 0.5) is 18.9 Å². The summed E-state index contributed by atoms with van der Waals surface area (Å²) < 4.78 is 39.6. The molecule has 4 rings (SSSR count). The van der Waals surface area contributed by atoms with Crippen molar-refractivity contribution in [2.45, 2.75) is 77.9 Å². The number of aryl methyl sites for hydroxylation is 1. The lowest BCUT2D eigenvalue weighted by Crippen LogP contribution is -2.41. The highest BCUT2D eigenvalue weighted by molar-refractivity contribution is 5.85. The van der Waals surface area contributed by atoms with Crippen LogP contribution in [-0.2, 0) is 17.4 Å². The zero-order valence-electron chi connectivity index (χ0n) is 22.8. The maximum absolute atomic E-state index is 13.2. The molecule has 2 nitrogen and oxygen atoms in total. The van der Waals surface area contributed by atoms with Gasteiger partial charge in [0.1, 0.15) is 5.78 Å². The number of ketones is 1. The van der Waals surface area contributed by atoms with E-state index in [0.29, 0.717) is 12.0 Å². The SMILES string of the molecule is CC(=O)C(CC(C)C)c1cc(-c2ccc(C(F)(F)F)cc2)cc(N2CCCCC2Cc2ccccc2C)c1. The number of alkyl halides is 3. The second kappa shape index (κ2) is 11.8. The molecule has 3 aromatic carbocycles. The number of hydrogen-bond donors (Lipinski definition) is 0. The smallest absolute Gasteiger partial charge is 0.368 e. The molecule has 0 amide bonds. The number of rotatable bonds is 8. The molecule has 3 aromatic rings. The topological polar surface area (TPSA) is 20.3 Å². The molecular weight excluding hydrogens is 483 g/mol. The Bertz CT molecular complexity index is 1250. The molecule has 5 heteroatoms. The minimum Gasteiger partial charge on any atom is -0.368 e. The Labute approximate surface area is 224 Å². The van der Waals surface area contributed by atoms with E-state index in [-0.39, 0.29) is 11.7 Å². The number of nitrogens with zero attached hydrogens (tertiary/aromatic N) is 1. The Kier molecular flexibility index (Phi) is 8.64. The van der Waals surface area contributed by atoms with Gasteiger partial charge in [-0.25, -0.2) is 0 Å². The number of hydrogen-bond acceptors (Lipinski definition) is 2. The van der Waals surface area contributed by atoms with Crippen molar-refractivity contribution in [1.82, 2.24) is 0 Å². The fourth-order valence-corrected chi connectivity index (χ4v) is 5.67. The van der Waals surface area contributed by atoms with Crippen LogP contribution in [0.2, 0.25) is 0 Å². The molecule has 1 heterocycles. The number of anilines is 1. The van der Waals surface area contributed by atoms with Crippen molar-refractivity contribution in [3.05, 3.63) is 89.0 Å². The molecule has 202 valence electrons. The summed E-state index contributed by atoms with van der Waals surface area (Å²) in [6.07, 6.45) is 0.635. The van der Waals surface area contributed by atoms with Gasteiger partial charge in [0.25, 0.3) is 0 Å².